The van der Waals surface area contributed by atoms with Crippen molar-refractivity contribution in [2.24, 2.45) is 23.2 Å². The van der Waals surface area contributed by atoms with E-state index in [-0.39, 0.29) is 13.2 Å². The van der Waals surface area contributed by atoms with Crippen LogP contribution in [0.3, 0.4) is 0 Å². The predicted molar refractivity (Wildman–Crippen MR) is 96.6 cm³/mol. The lowest BCUT2D eigenvalue weighted by Gasteiger charge is -2.45. The maximum atomic E-state index is 13.0. The highest BCUT2D eigenvalue weighted by molar-refractivity contribution is 9.11. The van der Waals surface area contributed by atoms with Gasteiger partial charge in [-0.25, -0.2) is 0 Å². The summed E-state index contributed by atoms with van der Waals surface area (Å²) in [7, 11) is 0. The molecule has 3 fully saturated rings. The van der Waals surface area contributed by atoms with Crippen LogP contribution in [0.15, 0.2) is 10.6 Å². The minimum absolute atomic E-state index is 0.0206. The van der Waals surface area contributed by atoms with Crippen molar-refractivity contribution in [2.45, 2.75) is 58.2 Å². The van der Waals surface area contributed by atoms with E-state index >= 15 is 0 Å². The van der Waals surface area contributed by atoms with Gasteiger partial charge in [0.1, 0.15) is 0 Å². The van der Waals surface area contributed by atoms with Gasteiger partial charge >= 0.3 is 6.18 Å². The van der Waals surface area contributed by atoms with E-state index in [9.17, 15) is 13.2 Å². The van der Waals surface area contributed by atoms with Crippen LogP contribution in [0, 0.1) is 23.2 Å². The number of fused-ring (bicyclic) bond motifs is 1. The van der Waals surface area contributed by atoms with E-state index in [1.807, 2.05) is 4.90 Å². The molecule has 1 saturated heterocycles. The molecule has 0 radical (unpaired) electrons. The maximum absolute atomic E-state index is 13.0. The Balaban J connectivity index is 1.64. The van der Waals surface area contributed by atoms with Gasteiger partial charge in [-0.15, -0.1) is 0 Å². The van der Waals surface area contributed by atoms with Crippen LogP contribution in [0.2, 0.25) is 0 Å². The number of alkyl halides is 3. The van der Waals surface area contributed by atoms with Gasteiger partial charge in [0.15, 0.2) is 6.10 Å². The highest BCUT2D eigenvalue weighted by atomic mass is 79.9. The summed E-state index contributed by atoms with van der Waals surface area (Å²) in [5.41, 5.74) is 1.83. The summed E-state index contributed by atoms with van der Waals surface area (Å²) in [6.07, 6.45) is 0.177. The molecule has 2 nitrogen and oxygen atoms in total. The van der Waals surface area contributed by atoms with Crippen LogP contribution < -0.4 is 0 Å². The van der Waals surface area contributed by atoms with E-state index in [1.165, 1.54) is 37.7 Å². The zero-order valence-electron chi connectivity index (χ0n) is 15.1. The summed E-state index contributed by atoms with van der Waals surface area (Å²) in [4.78, 5) is 4.09. The Hall–Kier alpha value is -0.0700. The summed E-state index contributed by atoms with van der Waals surface area (Å²) in [5, 5.41) is 0. The van der Waals surface area contributed by atoms with Crippen LogP contribution in [0.1, 0.15) is 46.0 Å². The van der Waals surface area contributed by atoms with Crippen molar-refractivity contribution in [1.82, 2.24) is 4.90 Å². The molecule has 1 unspecified atom stereocenters. The third-order valence-corrected chi connectivity index (χ3v) is 7.51. The zero-order valence-corrected chi connectivity index (χ0v) is 16.7. The number of halogens is 4. The van der Waals surface area contributed by atoms with Crippen molar-refractivity contribution in [1.29, 1.82) is 0 Å². The van der Waals surface area contributed by atoms with Crippen LogP contribution in [0.4, 0.5) is 13.2 Å². The standard InChI is InChI=1S/C19H29BrF3NO/c1-13(11-24-8-9-25-17(12-24)19(21,22)23)15-5-6-16-14(10-20)4-3-7-18(15,16)2/h10,13,15-17H,3-9,11-12H2,1-2H3/b14-10+/t13-,15-,16+,17?,18-/m1/s1. The third-order valence-electron chi connectivity index (χ3n) is 6.93. The molecule has 25 heavy (non-hydrogen) atoms. The molecule has 3 rings (SSSR count). The number of morpholine rings is 1. The van der Waals surface area contributed by atoms with Gasteiger partial charge in [-0.1, -0.05) is 35.4 Å². The highest BCUT2D eigenvalue weighted by Crippen LogP contribution is 2.59. The fourth-order valence-electron chi connectivity index (χ4n) is 5.75. The van der Waals surface area contributed by atoms with Crippen molar-refractivity contribution in [2.75, 3.05) is 26.2 Å². The lowest BCUT2D eigenvalue weighted by atomic mass is 9.61. The molecule has 0 spiro atoms. The normalized spacial score (nSPS) is 40.2. The summed E-state index contributed by atoms with van der Waals surface area (Å²) < 4.78 is 43.8. The first-order chi connectivity index (χ1) is 11.8. The van der Waals surface area contributed by atoms with Gasteiger partial charge < -0.3 is 4.74 Å². The second kappa shape index (κ2) is 7.51. The number of hydrogen-bond acceptors (Lipinski definition) is 2. The average molecular weight is 424 g/mol. The van der Waals surface area contributed by atoms with Gasteiger partial charge in [-0.3, -0.25) is 4.90 Å². The number of nitrogens with zero attached hydrogens (tertiary/aromatic N) is 1. The van der Waals surface area contributed by atoms with Crippen molar-refractivity contribution >= 4 is 15.9 Å². The average Bonchev–Trinajstić information content (AvgIpc) is 2.91. The van der Waals surface area contributed by atoms with E-state index in [0.29, 0.717) is 29.7 Å². The van der Waals surface area contributed by atoms with E-state index < -0.39 is 12.3 Å². The quantitative estimate of drug-likeness (QED) is 0.603. The molecule has 1 heterocycles. The second-order valence-electron chi connectivity index (χ2n) is 8.42. The molecule has 6 heteroatoms. The Bertz CT molecular complexity index is 509. The first-order valence-corrected chi connectivity index (χ1v) is 10.4. The molecule has 0 amide bonds. The maximum Gasteiger partial charge on any atom is 0.415 e. The van der Waals surface area contributed by atoms with Gasteiger partial charge in [0, 0.05) is 19.6 Å². The van der Waals surface area contributed by atoms with E-state index in [4.69, 9.17) is 4.74 Å². The molecule has 2 aliphatic carbocycles. The smallest absolute Gasteiger partial charge is 0.366 e. The lowest BCUT2D eigenvalue weighted by Crippen LogP contribution is -2.51. The van der Waals surface area contributed by atoms with Crippen LogP contribution in [-0.2, 0) is 4.74 Å². The van der Waals surface area contributed by atoms with Crippen LogP contribution >= 0.6 is 15.9 Å². The predicted octanol–water partition coefficient (Wildman–Crippen LogP) is 5.38. The van der Waals surface area contributed by atoms with E-state index in [1.54, 1.807) is 0 Å². The van der Waals surface area contributed by atoms with Gasteiger partial charge in [0.05, 0.1) is 6.61 Å². The van der Waals surface area contributed by atoms with E-state index in [2.05, 4.69) is 34.8 Å². The molecule has 0 aromatic heterocycles. The number of hydrogen-bond donors (Lipinski definition) is 0. The third kappa shape index (κ3) is 3.96. The largest absolute Gasteiger partial charge is 0.415 e. The molecular formula is C19H29BrF3NO. The van der Waals surface area contributed by atoms with Crippen molar-refractivity contribution < 1.29 is 17.9 Å². The van der Waals surface area contributed by atoms with Crippen LogP contribution in [-0.4, -0.2) is 43.4 Å². The summed E-state index contributed by atoms with van der Waals surface area (Å²) >= 11 is 3.54. The Labute approximate surface area is 157 Å². The molecule has 0 aromatic carbocycles. The Morgan fingerprint density at radius 3 is 2.84 bits per heavy atom. The van der Waals surface area contributed by atoms with Crippen molar-refractivity contribution in [3.8, 4) is 0 Å². The van der Waals surface area contributed by atoms with E-state index in [0.717, 1.165) is 6.54 Å². The summed E-state index contributed by atoms with van der Waals surface area (Å²) in [6, 6.07) is 0. The zero-order chi connectivity index (χ0) is 18.2. The Morgan fingerprint density at radius 1 is 1.40 bits per heavy atom. The van der Waals surface area contributed by atoms with Crippen molar-refractivity contribution in [3.63, 3.8) is 0 Å². The first kappa shape index (κ1) is 19.7. The monoisotopic (exact) mass is 423 g/mol. The van der Waals surface area contributed by atoms with Gasteiger partial charge in [-0.05, 0) is 60.3 Å². The van der Waals surface area contributed by atoms with Crippen LogP contribution in [0.5, 0.6) is 0 Å². The fraction of sp³-hybridized carbons (Fsp3) is 0.895. The number of allylic oxidation sites excluding steroid dienone is 1. The number of rotatable bonds is 3. The molecule has 2 saturated carbocycles. The minimum atomic E-state index is -4.26. The van der Waals surface area contributed by atoms with Gasteiger partial charge in [0.2, 0.25) is 0 Å². The summed E-state index contributed by atoms with van der Waals surface area (Å²) in [5.74, 6) is 1.64. The highest BCUT2D eigenvalue weighted by Gasteiger charge is 2.51. The van der Waals surface area contributed by atoms with Gasteiger partial charge in [-0.2, -0.15) is 13.2 Å². The molecular weight excluding hydrogens is 395 g/mol. The second-order valence-corrected chi connectivity index (χ2v) is 8.88. The Morgan fingerprint density at radius 2 is 2.16 bits per heavy atom. The number of ether oxygens (including phenoxy) is 1. The lowest BCUT2D eigenvalue weighted by molar-refractivity contribution is -0.238. The Kier molecular flexibility index (Phi) is 5.91. The van der Waals surface area contributed by atoms with Gasteiger partial charge in [0.25, 0.3) is 0 Å². The van der Waals surface area contributed by atoms with Crippen LogP contribution in [0.25, 0.3) is 0 Å². The molecule has 0 aromatic rings. The van der Waals surface area contributed by atoms with Crippen molar-refractivity contribution in [3.05, 3.63) is 10.6 Å². The molecule has 3 aliphatic rings. The first-order valence-electron chi connectivity index (χ1n) is 9.45. The summed E-state index contributed by atoms with van der Waals surface area (Å²) in [6.45, 7) is 6.17. The molecule has 0 bridgehead atoms. The SMILES string of the molecule is C[C@H](CN1CCOC(C(F)(F)F)C1)[C@H]1CC[C@H]2/C(=C/Br)CCC[C@]12C. The minimum Gasteiger partial charge on any atom is -0.366 e. The molecule has 144 valence electrons. The molecule has 5 atom stereocenters. The fourth-order valence-corrected chi connectivity index (χ4v) is 6.29. The molecule has 0 N–H and O–H groups in total. The topological polar surface area (TPSA) is 12.5 Å². The molecule has 1 aliphatic heterocycles.